The van der Waals surface area contributed by atoms with Crippen molar-refractivity contribution in [3.63, 3.8) is 0 Å². The second kappa shape index (κ2) is 9.38. The van der Waals surface area contributed by atoms with Crippen molar-refractivity contribution in [3.05, 3.63) is 35.9 Å². The number of nitrogens with zero attached hydrogens (tertiary/aromatic N) is 2. The van der Waals surface area contributed by atoms with E-state index in [2.05, 4.69) is 87.1 Å². The molecule has 0 bridgehead atoms. The van der Waals surface area contributed by atoms with Crippen LogP contribution >= 0.6 is 12.2 Å². The lowest BCUT2D eigenvalue weighted by molar-refractivity contribution is 0.171. The predicted molar refractivity (Wildman–Crippen MR) is 121 cm³/mol. The van der Waals surface area contributed by atoms with E-state index in [4.69, 9.17) is 12.2 Å². The van der Waals surface area contributed by atoms with E-state index in [-0.39, 0.29) is 11.0 Å². The third kappa shape index (κ3) is 7.79. The molecule has 1 fully saturated rings. The van der Waals surface area contributed by atoms with Gasteiger partial charge in [-0.05, 0) is 82.9 Å². The lowest BCUT2D eigenvalue weighted by Gasteiger charge is -2.42. The van der Waals surface area contributed by atoms with Crippen LogP contribution in [0.2, 0.25) is 0 Å². The van der Waals surface area contributed by atoms with Crippen LogP contribution in [0.15, 0.2) is 30.3 Å². The van der Waals surface area contributed by atoms with Gasteiger partial charge in [0, 0.05) is 18.1 Å². The average Bonchev–Trinajstić information content (AvgIpc) is 2.55. The Labute approximate surface area is 172 Å². The maximum Gasteiger partial charge on any atom is 0.169 e. The predicted octanol–water partition coefficient (Wildman–Crippen LogP) is 4.71. The van der Waals surface area contributed by atoms with Gasteiger partial charge in [-0.15, -0.1) is 0 Å². The number of benzene rings is 1. The SMILES string of the molecule is CN1CCC(N(CCc2ccccc2)C(=S)NC(C)(C)CC(C)(C)C)CC1. The van der Waals surface area contributed by atoms with Gasteiger partial charge in [-0.2, -0.15) is 0 Å². The molecule has 1 saturated heterocycles. The molecule has 0 amide bonds. The summed E-state index contributed by atoms with van der Waals surface area (Å²) in [5.41, 5.74) is 1.65. The summed E-state index contributed by atoms with van der Waals surface area (Å²) in [4.78, 5) is 4.89. The number of thiocarbonyl (C=S) groups is 1. The zero-order valence-corrected chi connectivity index (χ0v) is 19.0. The van der Waals surface area contributed by atoms with Crippen LogP contribution in [-0.4, -0.2) is 53.2 Å². The van der Waals surface area contributed by atoms with E-state index in [9.17, 15) is 0 Å². The number of hydrogen-bond acceptors (Lipinski definition) is 2. The highest BCUT2D eigenvalue weighted by Crippen LogP contribution is 2.27. The summed E-state index contributed by atoms with van der Waals surface area (Å²) >= 11 is 5.94. The Morgan fingerprint density at radius 1 is 1.11 bits per heavy atom. The van der Waals surface area contributed by atoms with Gasteiger partial charge in [0.1, 0.15) is 0 Å². The molecule has 1 heterocycles. The first-order valence-electron chi connectivity index (χ1n) is 10.4. The molecule has 3 nitrogen and oxygen atoms in total. The summed E-state index contributed by atoms with van der Waals surface area (Å²) in [6.45, 7) is 14.7. The van der Waals surface area contributed by atoms with Crippen molar-refractivity contribution in [2.24, 2.45) is 5.41 Å². The monoisotopic (exact) mass is 389 g/mol. The highest BCUT2D eigenvalue weighted by atomic mass is 32.1. The number of hydrogen-bond donors (Lipinski definition) is 1. The molecule has 1 aromatic carbocycles. The van der Waals surface area contributed by atoms with Crippen LogP contribution in [0.1, 0.15) is 59.4 Å². The van der Waals surface area contributed by atoms with Gasteiger partial charge in [-0.25, -0.2) is 0 Å². The maximum absolute atomic E-state index is 5.94. The fourth-order valence-electron chi connectivity index (χ4n) is 4.38. The van der Waals surface area contributed by atoms with Crippen LogP contribution in [0.25, 0.3) is 0 Å². The van der Waals surface area contributed by atoms with E-state index >= 15 is 0 Å². The molecule has 0 unspecified atom stereocenters. The van der Waals surface area contributed by atoms with Gasteiger partial charge in [0.15, 0.2) is 5.11 Å². The van der Waals surface area contributed by atoms with Gasteiger partial charge in [-0.1, -0.05) is 51.1 Å². The summed E-state index contributed by atoms with van der Waals surface area (Å²) in [6, 6.07) is 11.3. The molecule has 0 saturated carbocycles. The summed E-state index contributed by atoms with van der Waals surface area (Å²) in [5.74, 6) is 0. The third-order valence-corrected chi connectivity index (χ3v) is 5.63. The summed E-state index contributed by atoms with van der Waals surface area (Å²) in [6.07, 6.45) is 4.49. The molecule has 2 rings (SSSR count). The molecular formula is C23H39N3S. The van der Waals surface area contributed by atoms with Crippen molar-refractivity contribution in [1.29, 1.82) is 0 Å². The molecule has 1 aliphatic heterocycles. The lowest BCUT2D eigenvalue weighted by atomic mass is 9.82. The van der Waals surface area contributed by atoms with Gasteiger partial charge in [0.05, 0.1) is 0 Å². The fraction of sp³-hybridized carbons (Fsp3) is 0.696. The minimum absolute atomic E-state index is 0.00815. The number of nitrogens with one attached hydrogen (secondary N) is 1. The maximum atomic E-state index is 5.94. The summed E-state index contributed by atoms with van der Waals surface area (Å²) in [7, 11) is 2.22. The molecule has 0 radical (unpaired) electrons. The van der Waals surface area contributed by atoms with Crippen molar-refractivity contribution in [3.8, 4) is 0 Å². The molecular weight excluding hydrogens is 350 g/mol. The second-order valence-corrected chi connectivity index (χ2v) is 10.4. The van der Waals surface area contributed by atoms with Crippen LogP contribution in [0.3, 0.4) is 0 Å². The van der Waals surface area contributed by atoms with Crippen LogP contribution < -0.4 is 5.32 Å². The molecule has 4 heteroatoms. The molecule has 152 valence electrons. The van der Waals surface area contributed by atoms with Crippen molar-refractivity contribution >= 4 is 17.3 Å². The van der Waals surface area contributed by atoms with Gasteiger partial charge >= 0.3 is 0 Å². The highest BCUT2D eigenvalue weighted by molar-refractivity contribution is 7.80. The Bertz CT molecular complexity index is 583. The normalized spacial score (nSPS) is 17.0. The first kappa shape index (κ1) is 22.2. The third-order valence-electron chi connectivity index (χ3n) is 5.29. The lowest BCUT2D eigenvalue weighted by Crippen LogP contribution is -2.56. The molecule has 0 aromatic heterocycles. The molecule has 0 aliphatic carbocycles. The van der Waals surface area contributed by atoms with Crippen LogP contribution in [0.4, 0.5) is 0 Å². The Kier molecular flexibility index (Phi) is 7.70. The van der Waals surface area contributed by atoms with E-state index in [1.165, 1.54) is 18.4 Å². The van der Waals surface area contributed by atoms with Gasteiger partial charge < -0.3 is 15.1 Å². The molecule has 27 heavy (non-hydrogen) atoms. The average molecular weight is 390 g/mol. The number of likely N-dealkylation sites (tertiary alicyclic amines) is 1. The number of rotatable bonds is 6. The van der Waals surface area contributed by atoms with E-state index in [1.54, 1.807) is 0 Å². The largest absolute Gasteiger partial charge is 0.358 e. The minimum Gasteiger partial charge on any atom is -0.358 e. The van der Waals surface area contributed by atoms with E-state index in [0.717, 1.165) is 37.6 Å². The Morgan fingerprint density at radius 2 is 1.70 bits per heavy atom. The summed E-state index contributed by atoms with van der Waals surface area (Å²) < 4.78 is 0. The molecule has 1 aromatic rings. The Morgan fingerprint density at radius 3 is 2.26 bits per heavy atom. The first-order valence-corrected chi connectivity index (χ1v) is 10.8. The molecule has 0 atom stereocenters. The summed E-state index contributed by atoms with van der Waals surface area (Å²) in [5, 5.41) is 4.63. The molecule has 1 aliphatic rings. The standard InChI is InChI=1S/C23H39N3S/c1-22(2,3)18-23(4,5)24-21(27)26(20-13-15-25(6)16-14-20)17-12-19-10-8-7-9-11-19/h7-11,20H,12-18H2,1-6H3,(H,24,27). The van der Waals surface area contributed by atoms with Gasteiger partial charge in [0.25, 0.3) is 0 Å². The molecule has 0 spiro atoms. The van der Waals surface area contributed by atoms with Crippen molar-refractivity contribution in [1.82, 2.24) is 15.1 Å². The van der Waals surface area contributed by atoms with Crippen LogP contribution in [0, 0.1) is 5.41 Å². The minimum atomic E-state index is -0.00815. The topological polar surface area (TPSA) is 18.5 Å². The smallest absolute Gasteiger partial charge is 0.169 e. The zero-order chi connectivity index (χ0) is 20.1. The quantitative estimate of drug-likeness (QED) is 0.710. The highest BCUT2D eigenvalue weighted by Gasteiger charge is 2.30. The van der Waals surface area contributed by atoms with E-state index in [1.807, 2.05) is 0 Å². The van der Waals surface area contributed by atoms with Crippen molar-refractivity contribution in [2.45, 2.75) is 71.9 Å². The van der Waals surface area contributed by atoms with Crippen LogP contribution in [0.5, 0.6) is 0 Å². The van der Waals surface area contributed by atoms with Crippen molar-refractivity contribution in [2.75, 3.05) is 26.7 Å². The first-order chi connectivity index (χ1) is 12.6. The fourth-order valence-corrected chi connectivity index (χ4v) is 4.90. The van der Waals surface area contributed by atoms with E-state index in [0.29, 0.717) is 6.04 Å². The number of piperidine rings is 1. The van der Waals surface area contributed by atoms with Gasteiger partial charge in [0.2, 0.25) is 0 Å². The molecule has 1 N–H and O–H groups in total. The van der Waals surface area contributed by atoms with Crippen molar-refractivity contribution < 1.29 is 0 Å². The Balaban J connectivity index is 2.06. The van der Waals surface area contributed by atoms with Gasteiger partial charge in [-0.3, -0.25) is 0 Å². The Hall–Kier alpha value is -1.13. The van der Waals surface area contributed by atoms with Crippen LogP contribution in [-0.2, 0) is 6.42 Å². The van der Waals surface area contributed by atoms with E-state index < -0.39 is 0 Å². The zero-order valence-electron chi connectivity index (χ0n) is 18.2. The second-order valence-electron chi connectivity index (χ2n) is 10.0.